The van der Waals surface area contributed by atoms with Crippen molar-refractivity contribution in [2.24, 2.45) is 7.05 Å². The topological polar surface area (TPSA) is 52.7 Å². The first kappa shape index (κ1) is 10.1. The van der Waals surface area contributed by atoms with E-state index in [-0.39, 0.29) is 4.87 Å². The van der Waals surface area contributed by atoms with Gasteiger partial charge in [-0.2, -0.15) is 10.2 Å². The Morgan fingerprint density at radius 2 is 2.13 bits per heavy atom. The van der Waals surface area contributed by atoms with Crippen LogP contribution in [0, 0.1) is 13.8 Å². The molecule has 0 radical (unpaired) electrons. The van der Waals surface area contributed by atoms with E-state index in [0.29, 0.717) is 6.54 Å². The second-order valence-corrected chi connectivity index (χ2v) is 4.60. The van der Waals surface area contributed by atoms with Crippen LogP contribution in [0.4, 0.5) is 0 Å². The van der Waals surface area contributed by atoms with Crippen molar-refractivity contribution in [1.82, 2.24) is 19.6 Å². The maximum Gasteiger partial charge on any atom is 0.325 e. The van der Waals surface area contributed by atoms with E-state index >= 15 is 0 Å². The van der Waals surface area contributed by atoms with Gasteiger partial charge in [-0.25, -0.2) is 4.68 Å². The van der Waals surface area contributed by atoms with Gasteiger partial charge in [0.2, 0.25) is 0 Å². The van der Waals surface area contributed by atoms with Crippen LogP contribution in [0.3, 0.4) is 0 Å². The lowest BCUT2D eigenvalue weighted by Crippen LogP contribution is -2.15. The quantitative estimate of drug-likeness (QED) is 0.754. The number of aryl methyl sites for hydroxylation is 3. The maximum absolute atomic E-state index is 11.5. The van der Waals surface area contributed by atoms with Gasteiger partial charge < -0.3 is 0 Å². The second-order valence-electron chi connectivity index (χ2n) is 3.46. The van der Waals surface area contributed by atoms with E-state index in [9.17, 15) is 4.79 Å². The fourth-order valence-corrected chi connectivity index (χ4v) is 2.08. The molecular weight excluding hydrogens is 212 g/mol. The smallest absolute Gasteiger partial charge is 0.275 e. The molecule has 0 fully saturated rings. The molecule has 0 N–H and O–H groups in total. The summed E-state index contributed by atoms with van der Waals surface area (Å²) in [5.74, 6) is 0. The lowest BCUT2D eigenvalue weighted by atomic mass is 10.3. The average Bonchev–Trinajstić information content (AvgIpc) is 2.58. The molecule has 5 nitrogen and oxygen atoms in total. The summed E-state index contributed by atoms with van der Waals surface area (Å²) in [5.41, 5.74) is 1.97. The highest BCUT2D eigenvalue weighted by Crippen LogP contribution is 2.06. The Bertz CT molecular complexity index is 537. The standard InChI is InChI=1S/C9H12N4OS/c1-6-8(4-12(3)10-6)5-13-9(14)15-7(2)11-13/h4H,5H2,1-3H3. The summed E-state index contributed by atoms with van der Waals surface area (Å²) in [6.07, 6.45) is 1.91. The van der Waals surface area contributed by atoms with Gasteiger partial charge >= 0.3 is 4.87 Å². The van der Waals surface area contributed by atoms with Crippen molar-refractivity contribution in [2.45, 2.75) is 20.4 Å². The lowest BCUT2D eigenvalue weighted by molar-refractivity contribution is 0.656. The maximum atomic E-state index is 11.5. The first-order valence-corrected chi connectivity index (χ1v) is 5.41. The Morgan fingerprint density at radius 3 is 2.60 bits per heavy atom. The Hall–Kier alpha value is -1.43. The van der Waals surface area contributed by atoms with Gasteiger partial charge in [-0.05, 0) is 13.8 Å². The molecule has 2 heterocycles. The van der Waals surface area contributed by atoms with E-state index in [1.54, 1.807) is 4.68 Å². The van der Waals surface area contributed by atoms with Crippen LogP contribution >= 0.6 is 11.3 Å². The molecule has 0 aliphatic rings. The van der Waals surface area contributed by atoms with E-state index < -0.39 is 0 Å². The van der Waals surface area contributed by atoms with E-state index in [1.165, 1.54) is 16.0 Å². The lowest BCUT2D eigenvalue weighted by Gasteiger charge is -1.96. The van der Waals surface area contributed by atoms with Crippen molar-refractivity contribution in [1.29, 1.82) is 0 Å². The molecule has 0 amide bonds. The van der Waals surface area contributed by atoms with Gasteiger partial charge in [0.05, 0.1) is 12.2 Å². The van der Waals surface area contributed by atoms with Crippen molar-refractivity contribution in [3.05, 3.63) is 32.1 Å². The third-order valence-electron chi connectivity index (χ3n) is 2.14. The zero-order valence-electron chi connectivity index (χ0n) is 8.89. The Labute approximate surface area is 91.0 Å². The third kappa shape index (κ3) is 1.99. The van der Waals surface area contributed by atoms with E-state index in [0.717, 1.165) is 16.3 Å². The SMILES string of the molecule is Cc1nn(Cc2cn(C)nc2C)c(=O)s1. The summed E-state index contributed by atoms with van der Waals surface area (Å²) in [5, 5.41) is 9.16. The molecule has 0 aromatic carbocycles. The minimum absolute atomic E-state index is 0.0178. The van der Waals surface area contributed by atoms with Gasteiger partial charge in [0.25, 0.3) is 0 Å². The highest BCUT2D eigenvalue weighted by Gasteiger charge is 2.07. The van der Waals surface area contributed by atoms with E-state index in [1.807, 2.05) is 27.1 Å². The molecule has 0 aliphatic heterocycles. The molecule has 80 valence electrons. The molecule has 0 aliphatic carbocycles. The predicted octanol–water partition coefficient (Wildman–Crippen LogP) is 0.703. The highest BCUT2D eigenvalue weighted by atomic mass is 32.1. The molecule has 2 aromatic rings. The minimum Gasteiger partial charge on any atom is -0.275 e. The van der Waals surface area contributed by atoms with Crippen molar-refractivity contribution >= 4 is 11.3 Å². The first-order chi connectivity index (χ1) is 7.06. The summed E-state index contributed by atoms with van der Waals surface area (Å²) in [7, 11) is 1.87. The second kappa shape index (κ2) is 3.62. The van der Waals surface area contributed by atoms with Crippen molar-refractivity contribution in [2.75, 3.05) is 0 Å². The third-order valence-corrected chi connectivity index (χ3v) is 2.90. The normalized spacial score (nSPS) is 10.9. The molecule has 2 rings (SSSR count). The summed E-state index contributed by atoms with van der Waals surface area (Å²) >= 11 is 1.17. The molecule has 0 saturated heterocycles. The van der Waals surface area contributed by atoms with E-state index in [2.05, 4.69) is 10.2 Å². The minimum atomic E-state index is -0.0178. The number of aromatic nitrogens is 4. The average molecular weight is 224 g/mol. The summed E-state index contributed by atoms with van der Waals surface area (Å²) < 4.78 is 3.22. The molecule has 0 unspecified atom stereocenters. The van der Waals surface area contributed by atoms with Gasteiger partial charge in [-0.1, -0.05) is 11.3 Å². The number of hydrogen-bond donors (Lipinski definition) is 0. The fourth-order valence-electron chi connectivity index (χ4n) is 1.48. The molecular formula is C9H12N4OS. The molecule has 6 heteroatoms. The largest absolute Gasteiger partial charge is 0.325 e. The molecule has 0 saturated carbocycles. The van der Waals surface area contributed by atoms with Gasteiger partial charge in [0.15, 0.2) is 0 Å². The summed E-state index contributed by atoms with van der Waals surface area (Å²) in [6, 6.07) is 0. The molecule has 0 bridgehead atoms. The number of hydrogen-bond acceptors (Lipinski definition) is 4. The predicted molar refractivity (Wildman–Crippen MR) is 58.2 cm³/mol. The van der Waals surface area contributed by atoms with Gasteiger partial charge in [-0.3, -0.25) is 9.48 Å². The molecule has 0 spiro atoms. The summed E-state index contributed by atoms with van der Waals surface area (Å²) in [4.78, 5) is 11.4. The monoisotopic (exact) mass is 224 g/mol. The van der Waals surface area contributed by atoms with Crippen LogP contribution in [0.2, 0.25) is 0 Å². The molecule has 15 heavy (non-hydrogen) atoms. The van der Waals surface area contributed by atoms with Crippen LogP contribution in [0.5, 0.6) is 0 Å². The van der Waals surface area contributed by atoms with Gasteiger partial charge in [0.1, 0.15) is 5.01 Å². The van der Waals surface area contributed by atoms with Crippen LogP contribution in [0.25, 0.3) is 0 Å². The van der Waals surface area contributed by atoms with Crippen LogP contribution in [0.15, 0.2) is 11.0 Å². The van der Waals surface area contributed by atoms with Crippen LogP contribution in [-0.4, -0.2) is 19.6 Å². The zero-order valence-corrected chi connectivity index (χ0v) is 9.71. The van der Waals surface area contributed by atoms with Gasteiger partial charge in [-0.15, -0.1) is 0 Å². The van der Waals surface area contributed by atoms with Gasteiger partial charge in [0, 0.05) is 18.8 Å². The summed E-state index contributed by atoms with van der Waals surface area (Å²) in [6.45, 7) is 4.26. The number of nitrogens with zero attached hydrogens (tertiary/aromatic N) is 4. The molecule has 2 aromatic heterocycles. The van der Waals surface area contributed by atoms with Crippen LogP contribution < -0.4 is 4.87 Å². The van der Waals surface area contributed by atoms with Crippen molar-refractivity contribution in [3.63, 3.8) is 0 Å². The Morgan fingerprint density at radius 1 is 1.40 bits per heavy atom. The molecule has 0 atom stereocenters. The van der Waals surface area contributed by atoms with E-state index in [4.69, 9.17) is 0 Å². The van der Waals surface area contributed by atoms with Crippen molar-refractivity contribution in [3.8, 4) is 0 Å². The Kier molecular flexibility index (Phi) is 2.44. The van der Waals surface area contributed by atoms with Crippen LogP contribution in [0.1, 0.15) is 16.3 Å². The zero-order chi connectivity index (χ0) is 11.0. The number of rotatable bonds is 2. The van der Waals surface area contributed by atoms with Crippen LogP contribution in [-0.2, 0) is 13.6 Å². The highest BCUT2D eigenvalue weighted by molar-refractivity contribution is 7.08. The fraction of sp³-hybridized carbons (Fsp3) is 0.444. The van der Waals surface area contributed by atoms with Crippen molar-refractivity contribution < 1.29 is 0 Å². The Balaban J connectivity index is 2.33. The first-order valence-electron chi connectivity index (χ1n) is 4.60.